The molecule has 0 amide bonds. The van der Waals surface area contributed by atoms with Crippen LogP contribution in [0.15, 0.2) is 48.0 Å². The Morgan fingerprint density at radius 3 is 2.46 bits per heavy atom. The second-order valence-corrected chi connectivity index (χ2v) is 6.76. The van der Waals surface area contributed by atoms with Crippen molar-refractivity contribution in [3.63, 3.8) is 0 Å². The predicted octanol–water partition coefficient (Wildman–Crippen LogP) is 4.77. The molecule has 1 heterocycles. The van der Waals surface area contributed by atoms with Gasteiger partial charge in [0.1, 0.15) is 23.4 Å². The van der Waals surface area contributed by atoms with Crippen molar-refractivity contribution in [3.05, 3.63) is 64.7 Å². The summed E-state index contributed by atoms with van der Waals surface area (Å²) in [5.74, 6) is 1.97. The van der Waals surface area contributed by atoms with Crippen molar-refractivity contribution in [1.82, 2.24) is 0 Å². The summed E-state index contributed by atoms with van der Waals surface area (Å²) in [6.45, 7) is 4.12. The molecular formula is C22H26O4. The summed E-state index contributed by atoms with van der Waals surface area (Å²) in [6, 6.07) is 11.8. The lowest BCUT2D eigenvalue weighted by atomic mass is 9.91. The molecule has 1 N–H and O–H groups in total. The van der Waals surface area contributed by atoms with Crippen LogP contribution in [0.25, 0.3) is 0 Å². The number of benzene rings is 2. The van der Waals surface area contributed by atoms with Gasteiger partial charge in [-0.3, -0.25) is 0 Å². The fraction of sp³-hybridized carbons (Fsp3) is 0.364. The monoisotopic (exact) mass is 354 g/mol. The van der Waals surface area contributed by atoms with Gasteiger partial charge in [0.05, 0.1) is 25.9 Å². The van der Waals surface area contributed by atoms with Crippen molar-refractivity contribution in [2.24, 2.45) is 0 Å². The Kier molecular flexibility index (Phi) is 5.52. The Morgan fingerprint density at radius 1 is 1.15 bits per heavy atom. The van der Waals surface area contributed by atoms with E-state index in [9.17, 15) is 5.11 Å². The first-order valence-electron chi connectivity index (χ1n) is 8.86. The van der Waals surface area contributed by atoms with Crippen LogP contribution in [0.1, 0.15) is 49.2 Å². The molecule has 26 heavy (non-hydrogen) atoms. The quantitative estimate of drug-likeness (QED) is 0.786. The van der Waals surface area contributed by atoms with Gasteiger partial charge in [-0.15, -0.1) is 0 Å². The second kappa shape index (κ2) is 7.83. The molecule has 2 aromatic rings. The first kappa shape index (κ1) is 18.3. The maximum Gasteiger partial charge on any atom is 0.136 e. The van der Waals surface area contributed by atoms with Gasteiger partial charge in [0.15, 0.2) is 0 Å². The zero-order valence-electron chi connectivity index (χ0n) is 15.8. The minimum absolute atomic E-state index is 0.207. The van der Waals surface area contributed by atoms with Crippen LogP contribution in [0.5, 0.6) is 17.2 Å². The Bertz CT molecular complexity index is 792. The van der Waals surface area contributed by atoms with Crippen molar-refractivity contribution < 1.29 is 19.3 Å². The molecule has 0 aliphatic carbocycles. The molecule has 0 bridgehead atoms. The topological polar surface area (TPSA) is 47.9 Å². The molecule has 1 aliphatic heterocycles. The summed E-state index contributed by atoms with van der Waals surface area (Å²) >= 11 is 0. The maximum absolute atomic E-state index is 10.9. The average Bonchev–Trinajstić information content (AvgIpc) is 2.65. The fourth-order valence-corrected chi connectivity index (χ4v) is 3.35. The smallest absolute Gasteiger partial charge is 0.136 e. The van der Waals surface area contributed by atoms with Gasteiger partial charge in [-0.05, 0) is 25.8 Å². The zero-order chi connectivity index (χ0) is 18.7. The van der Waals surface area contributed by atoms with E-state index in [2.05, 4.69) is 19.9 Å². The summed E-state index contributed by atoms with van der Waals surface area (Å²) < 4.78 is 17.5. The number of rotatable bonds is 5. The molecule has 138 valence electrons. The number of aliphatic hydroxyl groups excluding tert-OH is 1. The molecule has 0 saturated carbocycles. The highest BCUT2D eigenvalue weighted by atomic mass is 16.5. The summed E-state index contributed by atoms with van der Waals surface area (Å²) in [5, 5.41) is 10.9. The number of fused-ring (bicyclic) bond motifs is 1. The van der Waals surface area contributed by atoms with Crippen molar-refractivity contribution in [1.29, 1.82) is 0 Å². The Hall–Kier alpha value is -2.46. The van der Waals surface area contributed by atoms with Crippen molar-refractivity contribution in [2.45, 2.75) is 38.9 Å². The first-order chi connectivity index (χ1) is 12.5. The molecule has 0 unspecified atom stereocenters. The van der Waals surface area contributed by atoms with Gasteiger partial charge in [-0.25, -0.2) is 0 Å². The molecule has 0 aromatic heterocycles. The van der Waals surface area contributed by atoms with Crippen LogP contribution < -0.4 is 14.2 Å². The average molecular weight is 354 g/mol. The number of ether oxygens (including phenoxy) is 3. The summed E-state index contributed by atoms with van der Waals surface area (Å²) in [7, 11) is 3.24. The number of hydrogen-bond donors (Lipinski definition) is 1. The fourth-order valence-electron chi connectivity index (χ4n) is 3.35. The van der Waals surface area contributed by atoms with Crippen LogP contribution in [0.3, 0.4) is 0 Å². The lowest BCUT2D eigenvalue weighted by Crippen LogP contribution is -2.21. The van der Waals surface area contributed by atoms with Gasteiger partial charge in [0.25, 0.3) is 0 Å². The number of hydrogen-bond acceptors (Lipinski definition) is 4. The standard InChI is InChI=1S/C22H26O4/c1-14(2)10-11-16-19(24-3)13-20(25-4)21-17(23)12-18(26-22(16)21)15-8-6-5-7-9-15/h5-10,13,17-18,23H,11-12H2,1-4H3/t17-,18-/m0/s1. The lowest BCUT2D eigenvalue weighted by Gasteiger charge is -2.33. The van der Waals surface area contributed by atoms with Gasteiger partial charge in [-0.2, -0.15) is 0 Å². The third-order valence-corrected chi connectivity index (χ3v) is 4.70. The van der Waals surface area contributed by atoms with E-state index in [0.29, 0.717) is 35.7 Å². The van der Waals surface area contributed by atoms with Gasteiger partial charge >= 0.3 is 0 Å². The molecule has 2 atom stereocenters. The molecular weight excluding hydrogens is 328 g/mol. The number of methoxy groups -OCH3 is 2. The van der Waals surface area contributed by atoms with Crippen LogP contribution in [0, 0.1) is 0 Å². The first-order valence-corrected chi connectivity index (χ1v) is 8.86. The molecule has 3 rings (SSSR count). The molecule has 0 fully saturated rings. The van der Waals surface area contributed by atoms with Gasteiger partial charge in [0, 0.05) is 18.1 Å². The highest BCUT2D eigenvalue weighted by Gasteiger charge is 2.34. The highest BCUT2D eigenvalue weighted by molar-refractivity contribution is 5.60. The Balaban J connectivity index is 2.12. The van der Waals surface area contributed by atoms with Crippen LogP contribution in [0.2, 0.25) is 0 Å². The lowest BCUT2D eigenvalue weighted by molar-refractivity contribution is 0.0621. The molecule has 2 aromatic carbocycles. The van der Waals surface area contributed by atoms with E-state index in [4.69, 9.17) is 14.2 Å². The highest BCUT2D eigenvalue weighted by Crippen LogP contribution is 2.50. The van der Waals surface area contributed by atoms with E-state index >= 15 is 0 Å². The van der Waals surface area contributed by atoms with Crippen molar-refractivity contribution in [2.75, 3.05) is 14.2 Å². The minimum atomic E-state index is -0.657. The largest absolute Gasteiger partial charge is 0.496 e. The zero-order valence-corrected chi connectivity index (χ0v) is 15.8. The van der Waals surface area contributed by atoms with Gasteiger partial charge in [-0.1, -0.05) is 42.0 Å². The predicted molar refractivity (Wildman–Crippen MR) is 102 cm³/mol. The molecule has 0 radical (unpaired) electrons. The van der Waals surface area contributed by atoms with Crippen LogP contribution in [-0.4, -0.2) is 19.3 Å². The third-order valence-electron chi connectivity index (χ3n) is 4.70. The van der Waals surface area contributed by atoms with E-state index in [0.717, 1.165) is 11.1 Å². The van der Waals surface area contributed by atoms with Crippen molar-refractivity contribution >= 4 is 0 Å². The van der Waals surface area contributed by atoms with Crippen LogP contribution in [0.4, 0.5) is 0 Å². The Morgan fingerprint density at radius 2 is 1.85 bits per heavy atom. The molecule has 1 aliphatic rings. The van der Waals surface area contributed by atoms with Gasteiger partial charge in [0.2, 0.25) is 0 Å². The summed E-state index contributed by atoms with van der Waals surface area (Å²) in [4.78, 5) is 0. The molecule has 0 spiro atoms. The normalized spacial score (nSPS) is 18.5. The van der Waals surface area contributed by atoms with E-state index in [1.807, 2.05) is 36.4 Å². The molecule has 4 nitrogen and oxygen atoms in total. The molecule has 0 saturated heterocycles. The van der Waals surface area contributed by atoms with Crippen LogP contribution in [-0.2, 0) is 6.42 Å². The van der Waals surface area contributed by atoms with Gasteiger partial charge < -0.3 is 19.3 Å². The summed E-state index contributed by atoms with van der Waals surface area (Å²) in [5.41, 5.74) is 3.90. The maximum atomic E-state index is 10.9. The van der Waals surface area contributed by atoms with E-state index < -0.39 is 6.10 Å². The van der Waals surface area contributed by atoms with Crippen LogP contribution >= 0.6 is 0 Å². The molecule has 4 heteroatoms. The number of aliphatic hydroxyl groups is 1. The van der Waals surface area contributed by atoms with E-state index in [1.54, 1.807) is 14.2 Å². The second-order valence-electron chi connectivity index (χ2n) is 6.76. The summed E-state index contributed by atoms with van der Waals surface area (Å²) in [6.07, 6.45) is 2.43. The van der Waals surface area contributed by atoms with Crippen molar-refractivity contribution in [3.8, 4) is 17.2 Å². The Labute approximate surface area is 155 Å². The minimum Gasteiger partial charge on any atom is -0.496 e. The third kappa shape index (κ3) is 3.56. The number of allylic oxidation sites excluding steroid dienone is 2. The van der Waals surface area contributed by atoms with E-state index in [-0.39, 0.29) is 6.10 Å². The SMILES string of the molecule is COc1cc(OC)c2c(c1CC=C(C)C)O[C@H](c1ccccc1)C[C@@H]2O. The van der Waals surface area contributed by atoms with E-state index in [1.165, 1.54) is 5.57 Å².